The predicted molar refractivity (Wildman–Crippen MR) is 146 cm³/mol. The summed E-state index contributed by atoms with van der Waals surface area (Å²) in [4.78, 5) is 0. The molecule has 0 bridgehead atoms. The van der Waals surface area contributed by atoms with Crippen LogP contribution in [0.25, 0.3) is 49.7 Å². The van der Waals surface area contributed by atoms with Crippen molar-refractivity contribution in [3.05, 3.63) is 120 Å². The third-order valence-electron chi connectivity index (χ3n) is 7.01. The van der Waals surface area contributed by atoms with Crippen molar-refractivity contribution in [2.24, 2.45) is 0 Å². The van der Waals surface area contributed by atoms with E-state index < -0.39 is 23.5 Å². The van der Waals surface area contributed by atoms with Crippen molar-refractivity contribution >= 4 is 27.5 Å². The van der Waals surface area contributed by atoms with Crippen LogP contribution >= 0.6 is 0 Å². The Labute approximate surface area is 224 Å². The zero-order valence-electron chi connectivity index (χ0n) is 20.7. The highest BCUT2D eigenvalue weighted by atomic mass is 19.4. The number of aromatic nitrogens is 1. The predicted octanol–water partition coefficient (Wildman–Crippen LogP) is 9.74. The Hall–Kier alpha value is -4.72. The molecule has 8 heteroatoms. The lowest BCUT2D eigenvalue weighted by atomic mass is 9.99. The molecule has 0 fully saturated rings. The number of nitrogens with zero attached hydrogens (tertiary/aromatic N) is 1. The molecule has 0 aliphatic carbocycles. The van der Waals surface area contributed by atoms with Crippen LogP contribution in [0.15, 0.2) is 109 Å². The third kappa shape index (κ3) is 4.55. The fourth-order valence-corrected chi connectivity index (χ4v) is 4.99. The van der Waals surface area contributed by atoms with Crippen LogP contribution in [-0.4, -0.2) is 4.57 Å². The normalized spacial score (nSPS) is 12.3. The fraction of sp³-hybridized carbons (Fsp3) is 0.0625. The summed E-state index contributed by atoms with van der Waals surface area (Å²) in [5, 5.41) is 1.69. The lowest BCUT2D eigenvalue weighted by Gasteiger charge is -2.10. The highest BCUT2D eigenvalue weighted by Gasteiger charge is 2.30. The van der Waals surface area contributed by atoms with Crippen molar-refractivity contribution in [3.63, 3.8) is 0 Å². The van der Waals surface area contributed by atoms with E-state index in [2.05, 4.69) is 4.57 Å². The molecule has 40 heavy (non-hydrogen) atoms. The van der Waals surface area contributed by atoms with Crippen molar-refractivity contribution in [2.45, 2.75) is 12.4 Å². The first kappa shape index (κ1) is 25.6. The van der Waals surface area contributed by atoms with Crippen LogP contribution in [0.1, 0.15) is 11.1 Å². The SMILES string of the molecule is Nc1ccc(-n2c3ccc(-c4ccc(C(F)(F)F)cc4)cc3c3cc(-c4ccc(C(F)(F)F)cc4)ccc32)cc1. The van der Waals surface area contributed by atoms with E-state index >= 15 is 0 Å². The zero-order valence-corrected chi connectivity index (χ0v) is 20.7. The number of nitrogens with two attached hydrogens (primary N) is 1. The second-order valence-electron chi connectivity index (χ2n) is 9.54. The van der Waals surface area contributed by atoms with Gasteiger partial charge in [0.2, 0.25) is 0 Å². The molecule has 0 aliphatic rings. The molecule has 0 aliphatic heterocycles. The molecule has 0 saturated heterocycles. The van der Waals surface area contributed by atoms with Gasteiger partial charge in [0.25, 0.3) is 0 Å². The van der Waals surface area contributed by atoms with E-state index in [-0.39, 0.29) is 0 Å². The van der Waals surface area contributed by atoms with Gasteiger partial charge in [0.15, 0.2) is 0 Å². The van der Waals surface area contributed by atoms with Crippen LogP contribution in [-0.2, 0) is 12.4 Å². The van der Waals surface area contributed by atoms with Crippen LogP contribution in [0.5, 0.6) is 0 Å². The van der Waals surface area contributed by atoms with Crippen LogP contribution < -0.4 is 5.73 Å². The number of hydrogen-bond acceptors (Lipinski definition) is 1. The van der Waals surface area contributed by atoms with E-state index in [1.54, 1.807) is 12.1 Å². The van der Waals surface area contributed by atoms with Gasteiger partial charge in [0.05, 0.1) is 22.2 Å². The number of hydrogen-bond donors (Lipinski definition) is 1. The highest BCUT2D eigenvalue weighted by molar-refractivity contribution is 6.11. The number of rotatable bonds is 3. The Morgan fingerprint density at radius 3 is 1.20 bits per heavy atom. The first-order chi connectivity index (χ1) is 19.0. The summed E-state index contributed by atoms with van der Waals surface area (Å²) < 4.78 is 80.6. The van der Waals surface area contributed by atoms with E-state index in [1.807, 2.05) is 48.5 Å². The topological polar surface area (TPSA) is 30.9 Å². The molecular formula is C32H20F6N2. The second kappa shape index (κ2) is 9.19. The fourth-order valence-electron chi connectivity index (χ4n) is 4.99. The van der Waals surface area contributed by atoms with Crippen LogP contribution in [0.3, 0.4) is 0 Å². The maximum atomic E-state index is 13.1. The summed E-state index contributed by atoms with van der Waals surface area (Å²) in [5.74, 6) is 0. The molecule has 0 saturated carbocycles. The van der Waals surface area contributed by atoms with Crippen molar-refractivity contribution in [2.75, 3.05) is 5.73 Å². The molecule has 5 aromatic carbocycles. The van der Waals surface area contributed by atoms with Crippen molar-refractivity contribution in [1.29, 1.82) is 0 Å². The van der Waals surface area contributed by atoms with E-state index in [9.17, 15) is 26.3 Å². The number of halogens is 6. The monoisotopic (exact) mass is 546 g/mol. The first-order valence-electron chi connectivity index (χ1n) is 12.3. The van der Waals surface area contributed by atoms with E-state index in [0.29, 0.717) is 16.8 Å². The first-order valence-corrected chi connectivity index (χ1v) is 12.3. The lowest BCUT2D eigenvalue weighted by molar-refractivity contribution is -0.138. The number of fused-ring (bicyclic) bond motifs is 3. The minimum Gasteiger partial charge on any atom is -0.399 e. The number of anilines is 1. The van der Waals surface area contributed by atoms with E-state index in [4.69, 9.17) is 5.73 Å². The van der Waals surface area contributed by atoms with Crippen LogP contribution in [0.4, 0.5) is 32.0 Å². The Morgan fingerprint density at radius 2 is 0.825 bits per heavy atom. The molecule has 2 nitrogen and oxygen atoms in total. The van der Waals surface area contributed by atoms with E-state index in [0.717, 1.165) is 62.9 Å². The molecule has 200 valence electrons. The second-order valence-corrected chi connectivity index (χ2v) is 9.54. The van der Waals surface area contributed by atoms with Gasteiger partial charge >= 0.3 is 12.4 Å². The summed E-state index contributed by atoms with van der Waals surface area (Å²) in [5.41, 5.74) is 10.4. The van der Waals surface area contributed by atoms with Crippen molar-refractivity contribution < 1.29 is 26.3 Å². The molecule has 6 rings (SSSR count). The molecule has 2 N–H and O–H groups in total. The van der Waals surface area contributed by atoms with Gasteiger partial charge in [-0.05, 0) is 95.1 Å². The van der Waals surface area contributed by atoms with Gasteiger partial charge in [-0.2, -0.15) is 26.3 Å². The molecule has 0 spiro atoms. The maximum Gasteiger partial charge on any atom is 0.416 e. The van der Waals surface area contributed by atoms with Crippen LogP contribution in [0, 0.1) is 0 Å². The van der Waals surface area contributed by atoms with Gasteiger partial charge < -0.3 is 10.3 Å². The number of alkyl halides is 6. The van der Waals surface area contributed by atoms with Gasteiger partial charge in [-0.1, -0.05) is 36.4 Å². The molecule has 1 aromatic heterocycles. The van der Waals surface area contributed by atoms with E-state index in [1.165, 1.54) is 24.3 Å². The average Bonchev–Trinajstić information content (AvgIpc) is 3.26. The van der Waals surface area contributed by atoms with Gasteiger partial charge in [0, 0.05) is 22.1 Å². The van der Waals surface area contributed by atoms with Crippen molar-refractivity contribution in [1.82, 2.24) is 4.57 Å². The minimum absolute atomic E-state index is 0.610. The highest BCUT2D eigenvalue weighted by Crippen LogP contribution is 2.38. The molecule has 1 heterocycles. The Kier molecular flexibility index (Phi) is 5.87. The maximum absolute atomic E-state index is 13.1. The van der Waals surface area contributed by atoms with Crippen LogP contribution in [0.2, 0.25) is 0 Å². The quantitative estimate of drug-likeness (QED) is 0.174. The molecule has 0 atom stereocenters. The number of benzene rings is 5. The summed E-state index contributed by atoms with van der Waals surface area (Å²) >= 11 is 0. The Morgan fingerprint density at radius 1 is 0.450 bits per heavy atom. The van der Waals surface area contributed by atoms with Gasteiger partial charge in [0.1, 0.15) is 0 Å². The molecule has 0 unspecified atom stereocenters. The van der Waals surface area contributed by atoms with Crippen molar-refractivity contribution in [3.8, 4) is 27.9 Å². The Bertz CT molecular complexity index is 1730. The van der Waals surface area contributed by atoms with Gasteiger partial charge in [-0.15, -0.1) is 0 Å². The lowest BCUT2D eigenvalue weighted by Crippen LogP contribution is -2.03. The molecular weight excluding hydrogens is 526 g/mol. The average molecular weight is 547 g/mol. The number of nitrogen functional groups attached to an aromatic ring is 1. The largest absolute Gasteiger partial charge is 0.416 e. The summed E-state index contributed by atoms with van der Waals surface area (Å²) in [6, 6.07) is 28.7. The summed E-state index contributed by atoms with van der Waals surface area (Å²) in [6.07, 6.45) is -8.85. The summed E-state index contributed by atoms with van der Waals surface area (Å²) in [7, 11) is 0. The summed E-state index contributed by atoms with van der Waals surface area (Å²) in [6.45, 7) is 0. The molecule has 0 radical (unpaired) electrons. The zero-order chi connectivity index (χ0) is 28.2. The molecule has 0 amide bonds. The smallest absolute Gasteiger partial charge is 0.399 e. The Balaban J connectivity index is 1.54. The third-order valence-corrected chi connectivity index (χ3v) is 7.01. The van der Waals surface area contributed by atoms with Gasteiger partial charge in [-0.3, -0.25) is 0 Å². The minimum atomic E-state index is -4.43. The standard InChI is InChI=1S/C32H20F6N2/c33-31(34,35)23-7-1-19(2-8-23)21-5-15-29-27(17-21)28-18-22(20-3-9-24(10-4-20)32(36,37)38)6-16-30(28)40(29)26-13-11-25(39)12-14-26/h1-18H,39H2. The molecule has 6 aromatic rings. The van der Waals surface area contributed by atoms with Gasteiger partial charge in [-0.25, -0.2) is 0 Å².